The third-order valence-electron chi connectivity index (χ3n) is 4.32. The van der Waals surface area contributed by atoms with Crippen LogP contribution in [0.25, 0.3) is 11.5 Å². The summed E-state index contributed by atoms with van der Waals surface area (Å²) in [7, 11) is 0. The van der Waals surface area contributed by atoms with Gasteiger partial charge in [0.25, 0.3) is 11.8 Å². The smallest absolute Gasteiger partial charge is 0.314 e. The van der Waals surface area contributed by atoms with E-state index in [2.05, 4.69) is 20.2 Å². The van der Waals surface area contributed by atoms with Crippen molar-refractivity contribution in [1.82, 2.24) is 20.2 Å². The molecule has 0 aliphatic heterocycles. The molecule has 2 heterocycles. The van der Waals surface area contributed by atoms with E-state index >= 15 is 0 Å². The molecule has 0 amide bonds. The quantitative estimate of drug-likeness (QED) is 0.699. The minimum atomic E-state index is -2.87. The molecule has 0 unspecified atom stereocenters. The molecule has 26 heavy (non-hydrogen) atoms. The third kappa shape index (κ3) is 2.79. The van der Waals surface area contributed by atoms with Crippen molar-refractivity contribution in [2.45, 2.75) is 24.7 Å². The first-order valence-electron chi connectivity index (χ1n) is 7.61. The highest BCUT2D eigenvalue weighted by Gasteiger charge is 2.50. The number of nitrogens with zero attached hydrogens (tertiary/aromatic N) is 4. The second-order valence-corrected chi connectivity index (χ2v) is 6.79. The van der Waals surface area contributed by atoms with Crippen LogP contribution >= 0.6 is 23.2 Å². The van der Waals surface area contributed by atoms with Crippen molar-refractivity contribution in [2.24, 2.45) is 0 Å². The number of anilines is 1. The Labute approximate surface area is 156 Å². The Morgan fingerprint density at radius 3 is 2.58 bits per heavy atom. The van der Waals surface area contributed by atoms with Gasteiger partial charge in [0, 0.05) is 21.7 Å². The van der Waals surface area contributed by atoms with Gasteiger partial charge in [-0.05, 0) is 30.5 Å². The summed E-state index contributed by atoms with van der Waals surface area (Å²) in [6.45, 7) is 0. The maximum absolute atomic E-state index is 12.8. The van der Waals surface area contributed by atoms with Gasteiger partial charge in [-0.3, -0.25) is 0 Å². The molecule has 1 aliphatic rings. The van der Waals surface area contributed by atoms with Gasteiger partial charge in [0.15, 0.2) is 0 Å². The predicted octanol–water partition coefficient (Wildman–Crippen LogP) is 4.43. The van der Waals surface area contributed by atoms with Crippen LogP contribution in [0.5, 0.6) is 0 Å². The molecule has 3 aromatic rings. The van der Waals surface area contributed by atoms with E-state index in [1.807, 2.05) is 6.07 Å². The molecule has 0 atom stereocenters. The average molecular weight is 398 g/mol. The Bertz CT molecular complexity index is 991. The summed E-state index contributed by atoms with van der Waals surface area (Å²) < 4.78 is 30.6. The highest BCUT2D eigenvalue weighted by Crippen LogP contribution is 2.56. The Morgan fingerprint density at radius 1 is 1.19 bits per heavy atom. The summed E-state index contributed by atoms with van der Waals surface area (Å²) in [6, 6.07) is 5.19. The number of rotatable bonds is 4. The van der Waals surface area contributed by atoms with Crippen LogP contribution in [-0.2, 0) is 5.41 Å². The fourth-order valence-electron chi connectivity index (χ4n) is 2.98. The van der Waals surface area contributed by atoms with Gasteiger partial charge in [-0.1, -0.05) is 29.3 Å². The number of nitrogens with two attached hydrogens (primary N) is 1. The SMILES string of the molecule is Nc1ncc(-c2nnc(C(F)F)o2)c(C2(c3ccc(Cl)cc3Cl)CC2)n1. The number of alkyl halides is 2. The van der Waals surface area contributed by atoms with Crippen LogP contribution < -0.4 is 5.73 Å². The number of hydrogen-bond donors (Lipinski definition) is 1. The summed E-state index contributed by atoms with van der Waals surface area (Å²) >= 11 is 12.4. The van der Waals surface area contributed by atoms with Crippen LogP contribution in [0.4, 0.5) is 14.7 Å². The standard InChI is InChI=1S/C16H11Cl2F2N5O/c17-7-1-2-9(10(18)5-7)16(3-4-16)11-8(6-22-15(21)23-11)13-24-25-14(26-13)12(19)20/h1-2,5-6,12H,3-4H2,(H2,21,22,23). The summed E-state index contributed by atoms with van der Waals surface area (Å²) in [4.78, 5) is 8.28. The third-order valence-corrected chi connectivity index (χ3v) is 4.86. The van der Waals surface area contributed by atoms with Crippen molar-refractivity contribution in [3.63, 3.8) is 0 Å². The zero-order valence-electron chi connectivity index (χ0n) is 13.1. The largest absolute Gasteiger partial charge is 0.415 e. The highest BCUT2D eigenvalue weighted by atomic mass is 35.5. The number of aromatic nitrogens is 4. The minimum Gasteiger partial charge on any atom is -0.415 e. The molecule has 0 radical (unpaired) electrons. The number of hydrogen-bond acceptors (Lipinski definition) is 6. The van der Waals surface area contributed by atoms with E-state index in [0.717, 1.165) is 18.4 Å². The van der Waals surface area contributed by atoms with Gasteiger partial charge in [-0.25, -0.2) is 9.97 Å². The van der Waals surface area contributed by atoms with Crippen LogP contribution in [0.15, 0.2) is 28.8 Å². The van der Waals surface area contributed by atoms with Gasteiger partial charge in [0.1, 0.15) is 0 Å². The molecular formula is C16H11Cl2F2N5O. The zero-order valence-corrected chi connectivity index (χ0v) is 14.6. The molecule has 0 bridgehead atoms. The van der Waals surface area contributed by atoms with E-state index in [1.165, 1.54) is 6.20 Å². The van der Waals surface area contributed by atoms with E-state index in [-0.39, 0.29) is 11.8 Å². The van der Waals surface area contributed by atoms with E-state index in [0.29, 0.717) is 21.3 Å². The normalized spacial score (nSPS) is 15.4. The lowest BCUT2D eigenvalue weighted by Crippen LogP contribution is -2.15. The summed E-state index contributed by atoms with van der Waals surface area (Å²) in [5, 5.41) is 8.05. The average Bonchev–Trinajstić information content (AvgIpc) is 3.23. The molecule has 134 valence electrons. The van der Waals surface area contributed by atoms with Crippen molar-refractivity contribution >= 4 is 29.2 Å². The van der Waals surface area contributed by atoms with Crippen LogP contribution in [0, 0.1) is 0 Å². The molecule has 1 saturated carbocycles. The van der Waals surface area contributed by atoms with Crippen molar-refractivity contribution in [1.29, 1.82) is 0 Å². The lowest BCUT2D eigenvalue weighted by atomic mass is 9.89. The lowest BCUT2D eigenvalue weighted by Gasteiger charge is -2.19. The first-order chi connectivity index (χ1) is 12.4. The molecule has 0 spiro atoms. The molecule has 0 saturated heterocycles. The highest BCUT2D eigenvalue weighted by molar-refractivity contribution is 6.35. The maximum atomic E-state index is 12.8. The van der Waals surface area contributed by atoms with Crippen molar-refractivity contribution in [2.75, 3.05) is 5.73 Å². The van der Waals surface area contributed by atoms with Crippen molar-refractivity contribution in [3.05, 3.63) is 51.6 Å². The summed E-state index contributed by atoms with van der Waals surface area (Å²) in [5.74, 6) is -0.808. The fraction of sp³-hybridized carbons (Fsp3) is 0.250. The Morgan fingerprint density at radius 2 is 1.96 bits per heavy atom. The number of benzene rings is 1. The van der Waals surface area contributed by atoms with Crippen LogP contribution in [-0.4, -0.2) is 20.2 Å². The molecule has 2 N–H and O–H groups in total. The molecule has 1 aliphatic carbocycles. The monoisotopic (exact) mass is 397 g/mol. The van der Waals surface area contributed by atoms with Gasteiger partial charge >= 0.3 is 6.43 Å². The molecule has 10 heteroatoms. The van der Waals surface area contributed by atoms with E-state index in [4.69, 9.17) is 33.4 Å². The van der Waals surface area contributed by atoms with Gasteiger partial charge in [0.2, 0.25) is 5.95 Å². The Balaban J connectivity index is 1.87. The van der Waals surface area contributed by atoms with Crippen LogP contribution in [0.1, 0.15) is 36.4 Å². The van der Waals surface area contributed by atoms with E-state index in [9.17, 15) is 8.78 Å². The zero-order chi connectivity index (χ0) is 18.5. The van der Waals surface area contributed by atoms with Gasteiger partial charge in [0.05, 0.1) is 11.3 Å². The Hall–Kier alpha value is -2.32. The first-order valence-corrected chi connectivity index (χ1v) is 8.37. The van der Waals surface area contributed by atoms with Crippen molar-refractivity contribution < 1.29 is 13.2 Å². The van der Waals surface area contributed by atoms with Crippen LogP contribution in [0.2, 0.25) is 10.0 Å². The van der Waals surface area contributed by atoms with Crippen LogP contribution in [0.3, 0.4) is 0 Å². The summed E-state index contributed by atoms with van der Waals surface area (Å²) in [5.41, 5.74) is 6.90. The summed E-state index contributed by atoms with van der Waals surface area (Å²) in [6.07, 6.45) is 0.0148. The van der Waals surface area contributed by atoms with Gasteiger partial charge in [-0.15, -0.1) is 10.2 Å². The van der Waals surface area contributed by atoms with Crippen molar-refractivity contribution in [3.8, 4) is 11.5 Å². The second kappa shape index (κ2) is 6.14. The van der Waals surface area contributed by atoms with Gasteiger partial charge in [-0.2, -0.15) is 8.78 Å². The molecule has 2 aromatic heterocycles. The molecule has 1 fully saturated rings. The number of halogens is 4. The molecular weight excluding hydrogens is 387 g/mol. The fourth-order valence-corrected chi connectivity index (χ4v) is 3.57. The maximum Gasteiger partial charge on any atom is 0.314 e. The van der Waals surface area contributed by atoms with Gasteiger partial charge < -0.3 is 10.2 Å². The number of nitrogen functional groups attached to an aromatic ring is 1. The predicted molar refractivity (Wildman–Crippen MR) is 91.2 cm³/mol. The van der Waals surface area contributed by atoms with E-state index in [1.54, 1.807) is 12.1 Å². The topological polar surface area (TPSA) is 90.7 Å². The second-order valence-electron chi connectivity index (χ2n) is 5.94. The Kier molecular flexibility index (Phi) is 4.04. The molecule has 1 aromatic carbocycles. The molecule has 4 rings (SSSR count). The minimum absolute atomic E-state index is 0.0497. The lowest BCUT2D eigenvalue weighted by molar-refractivity contribution is 0.116. The molecule has 6 nitrogen and oxygen atoms in total. The first kappa shape index (κ1) is 17.1. The van der Waals surface area contributed by atoms with E-state index < -0.39 is 17.7 Å².